The Morgan fingerprint density at radius 2 is 1.89 bits per heavy atom. The number of rotatable bonds is 6. The van der Waals surface area contributed by atoms with Gasteiger partial charge in [-0.2, -0.15) is 0 Å². The summed E-state index contributed by atoms with van der Waals surface area (Å²) in [5, 5.41) is 3.91. The number of carbonyl (C=O) groups excluding carboxylic acids is 1. The molecule has 1 aromatic heterocycles. The quantitative estimate of drug-likeness (QED) is 0.704. The predicted molar refractivity (Wildman–Crippen MR) is 107 cm³/mol. The van der Waals surface area contributed by atoms with E-state index in [1.165, 1.54) is 0 Å². The minimum atomic E-state index is -0.134. The lowest BCUT2D eigenvalue weighted by molar-refractivity contribution is -0.121. The number of ether oxygens (including phenoxy) is 1. The van der Waals surface area contributed by atoms with E-state index in [1.54, 1.807) is 7.11 Å². The lowest BCUT2D eigenvalue weighted by Gasteiger charge is -2.10. The first kappa shape index (κ1) is 18.7. The zero-order valence-corrected chi connectivity index (χ0v) is 15.9. The fourth-order valence-electron chi connectivity index (χ4n) is 3.28. The van der Waals surface area contributed by atoms with Crippen molar-refractivity contribution in [2.24, 2.45) is 0 Å². The average Bonchev–Trinajstić information content (AvgIpc) is 2.65. The lowest BCUT2D eigenvalue weighted by atomic mass is 10.0. The predicted octanol–water partition coefficient (Wildman–Crippen LogP) is 3.40. The minimum Gasteiger partial charge on any atom is -0.496 e. The standard InChI is InChI=1S/C22H24N2O3/c1-14-10-15(2)18-12-16(22(26)24-19(18)11-14)8-9-21(25)23-13-17-6-4-5-7-20(17)27-3/h4-7,10-12H,8-9,13H2,1-3H3,(H,23,25)(H,24,26). The number of para-hydroxylation sites is 1. The second-order valence-electron chi connectivity index (χ2n) is 6.76. The number of carbonyl (C=O) groups is 1. The molecule has 0 aliphatic rings. The smallest absolute Gasteiger partial charge is 0.251 e. The number of hydrogen-bond donors (Lipinski definition) is 2. The fourth-order valence-corrected chi connectivity index (χ4v) is 3.28. The van der Waals surface area contributed by atoms with Gasteiger partial charge in [0.25, 0.3) is 5.56 Å². The van der Waals surface area contributed by atoms with Crippen LogP contribution in [0.5, 0.6) is 5.75 Å². The van der Waals surface area contributed by atoms with Crippen molar-refractivity contribution in [2.45, 2.75) is 33.2 Å². The lowest BCUT2D eigenvalue weighted by Crippen LogP contribution is -2.24. The molecule has 0 saturated carbocycles. The maximum atomic E-state index is 12.3. The van der Waals surface area contributed by atoms with Crippen molar-refractivity contribution in [1.82, 2.24) is 10.3 Å². The number of aromatic amines is 1. The number of methoxy groups -OCH3 is 1. The van der Waals surface area contributed by atoms with E-state index in [2.05, 4.69) is 16.4 Å². The molecule has 0 fully saturated rings. The topological polar surface area (TPSA) is 71.2 Å². The maximum absolute atomic E-state index is 12.3. The molecular weight excluding hydrogens is 340 g/mol. The molecule has 0 atom stereocenters. The van der Waals surface area contributed by atoms with Gasteiger partial charge in [-0.3, -0.25) is 9.59 Å². The highest BCUT2D eigenvalue weighted by atomic mass is 16.5. The summed E-state index contributed by atoms with van der Waals surface area (Å²) in [6, 6.07) is 13.5. The molecule has 5 heteroatoms. The van der Waals surface area contributed by atoms with Crippen molar-refractivity contribution in [3.8, 4) is 5.75 Å². The zero-order valence-electron chi connectivity index (χ0n) is 15.9. The Bertz CT molecular complexity index is 1040. The number of pyridine rings is 1. The third kappa shape index (κ3) is 4.37. The maximum Gasteiger partial charge on any atom is 0.251 e. The average molecular weight is 364 g/mol. The second kappa shape index (κ2) is 8.08. The molecular formula is C22H24N2O3. The summed E-state index contributed by atoms with van der Waals surface area (Å²) in [7, 11) is 1.61. The van der Waals surface area contributed by atoms with Crippen LogP contribution in [0.4, 0.5) is 0 Å². The van der Waals surface area contributed by atoms with Gasteiger partial charge in [-0.1, -0.05) is 24.3 Å². The Morgan fingerprint density at radius 3 is 2.67 bits per heavy atom. The van der Waals surface area contributed by atoms with Gasteiger partial charge in [-0.15, -0.1) is 0 Å². The third-order valence-corrected chi connectivity index (χ3v) is 4.68. The van der Waals surface area contributed by atoms with Crippen LogP contribution in [0.25, 0.3) is 10.9 Å². The first-order valence-electron chi connectivity index (χ1n) is 8.99. The van der Waals surface area contributed by atoms with E-state index in [1.807, 2.05) is 50.2 Å². The Labute approximate surface area is 158 Å². The van der Waals surface area contributed by atoms with Gasteiger partial charge in [-0.05, 0) is 49.6 Å². The van der Waals surface area contributed by atoms with Crippen molar-refractivity contribution in [1.29, 1.82) is 0 Å². The summed E-state index contributed by atoms with van der Waals surface area (Å²) in [6.45, 7) is 4.43. The van der Waals surface area contributed by atoms with Gasteiger partial charge in [0.15, 0.2) is 0 Å². The summed E-state index contributed by atoms with van der Waals surface area (Å²) < 4.78 is 5.29. The summed E-state index contributed by atoms with van der Waals surface area (Å²) in [6.07, 6.45) is 0.658. The second-order valence-corrected chi connectivity index (χ2v) is 6.76. The molecule has 2 aromatic carbocycles. The van der Waals surface area contributed by atoms with Crippen LogP contribution >= 0.6 is 0 Å². The monoisotopic (exact) mass is 364 g/mol. The third-order valence-electron chi connectivity index (χ3n) is 4.68. The van der Waals surface area contributed by atoms with Crippen molar-refractivity contribution >= 4 is 16.8 Å². The van der Waals surface area contributed by atoms with E-state index in [0.29, 0.717) is 18.5 Å². The number of aryl methyl sites for hydroxylation is 3. The molecule has 5 nitrogen and oxygen atoms in total. The highest BCUT2D eigenvalue weighted by Gasteiger charge is 2.09. The minimum absolute atomic E-state index is 0.0963. The van der Waals surface area contributed by atoms with E-state index < -0.39 is 0 Å². The molecule has 2 N–H and O–H groups in total. The molecule has 0 aliphatic heterocycles. The van der Waals surface area contributed by atoms with E-state index in [0.717, 1.165) is 33.3 Å². The van der Waals surface area contributed by atoms with Gasteiger partial charge in [0.1, 0.15) is 5.75 Å². The molecule has 3 rings (SSSR count). The number of aromatic nitrogens is 1. The molecule has 0 spiro atoms. The number of nitrogens with one attached hydrogen (secondary N) is 2. The van der Waals surface area contributed by atoms with Crippen molar-refractivity contribution < 1.29 is 9.53 Å². The summed E-state index contributed by atoms with van der Waals surface area (Å²) in [4.78, 5) is 27.5. The van der Waals surface area contributed by atoms with E-state index >= 15 is 0 Å². The molecule has 27 heavy (non-hydrogen) atoms. The summed E-state index contributed by atoms with van der Waals surface area (Å²) in [5.74, 6) is 0.649. The van der Waals surface area contributed by atoms with Gasteiger partial charge in [-0.25, -0.2) is 0 Å². The van der Waals surface area contributed by atoms with Gasteiger partial charge in [0.05, 0.1) is 7.11 Å². The largest absolute Gasteiger partial charge is 0.496 e. The zero-order chi connectivity index (χ0) is 19.4. The van der Waals surface area contributed by atoms with Crippen molar-refractivity contribution in [2.75, 3.05) is 7.11 Å². The fraction of sp³-hybridized carbons (Fsp3) is 0.273. The van der Waals surface area contributed by atoms with Crippen LogP contribution in [0.2, 0.25) is 0 Å². The van der Waals surface area contributed by atoms with Crippen molar-refractivity contribution in [3.05, 3.63) is 75.1 Å². The summed E-state index contributed by atoms with van der Waals surface area (Å²) in [5.41, 5.74) is 4.47. The Hall–Kier alpha value is -3.08. The highest BCUT2D eigenvalue weighted by Crippen LogP contribution is 2.19. The normalized spacial score (nSPS) is 10.8. The van der Waals surface area contributed by atoms with Crippen LogP contribution < -0.4 is 15.6 Å². The molecule has 0 saturated heterocycles. The van der Waals surface area contributed by atoms with Crippen molar-refractivity contribution in [3.63, 3.8) is 0 Å². The van der Waals surface area contributed by atoms with Crippen LogP contribution in [0, 0.1) is 13.8 Å². The highest BCUT2D eigenvalue weighted by molar-refractivity contribution is 5.83. The number of hydrogen-bond acceptors (Lipinski definition) is 3. The summed E-state index contributed by atoms with van der Waals surface area (Å²) >= 11 is 0. The van der Waals surface area contributed by atoms with Gasteiger partial charge in [0, 0.05) is 35.0 Å². The van der Waals surface area contributed by atoms with Crippen LogP contribution in [0.15, 0.2) is 47.3 Å². The van der Waals surface area contributed by atoms with Gasteiger partial charge < -0.3 is 15.0 Å². The number of benzene rings is 2. The molecule has 0 bridgehead atoms. The molecule has 0 radical (unpaired) electrons. The Kier molecular flexibility index (Phi) is 5.60. The molecule has 1 heterocycles. The molecule has 0 unspecified atom stereocenters. The van der Waals surface area contributed by atoms with Gasteiger partial charge >= 0.3 is 0 Å². The van der Waals surface area contributed by atoms with E-state index in [4.69, 9.17) is 4.74 Å². The van der Waals surface area contributed by atoms with Crippen LogP contribution in [-0.2, 0) is 17.8 Å². The van der Waals surface area contributed by atoms with Crippen LogP contribution in [0.1, 0.15) is 28.7 Å². The molecule has 140 valence electrons. The SMILES string of the molecule is COc1ccccc1CNC(=O)CCc1cc2c(C)cc(C)cc2[nH]c1=O. The number of fused-ring (bicyclic) bond motifs is 1. The van der Waals surface area contributed by atoms with Crippen LogP contribution in [0.3, 0.4) is 0 Å². The molecule has 3 aromatic rings. The van der Waals surface area contributed by atoms with E-state index in [-0.39, 0.29) is 17.9 Å². The first-order valence-corrected chi connectivity index (χ1v) is 8.99. The Morgan fingerprint density at radius 1 is 1.11 bits per heavy atom. The number of amides is 1. The first-order chi connectivity index (χ1) is 13.0. The van der Waals surface area contributed by atoms with E-state index in [9.17, 15) is 9.59 Å². The van der Waals surface area contributed by atoms with Gasteiger partial charge in [0.2, 0.25) is 5.91 Å². The molecule has 1 amide bonds. The molecule has 0 aliphatic carbocycles. The van der Waals surface area contributed by atoms with Crippen LogP contribution in [-0.4, -0.2) is 18.0 Å². The number of H-pyrrole nitrogens is 1. The Balaban J connectivity index is 1.66.